The van der Waals surface area contributed by atoms with Gasteiger partial charge in [-0.05, 0) is 38.8 Å². The molecule has 0 spiro atoms. The lowest BCUT2D eigenvalue weighted by atomic mass is 9.91. The van der Waals surface area contributed by atoms with Crippen LogP contribution in [0, 0.1) is 5.92 Å². The molecule has 19 heavy (non-hydrogen) atoms. The molecule has 0 saturated carbocycles. The number of carbonyl (C=O) groups excluding carboxylic acids is 1. The summed E-state index contributed by atoms with van der Waals surface area (Å²) >= 11 is 0. The van der Waals surface area contributed by atoms with E-state index in [0.717, 1.165) is 25.9 Å². The molecule has 1 heterocycles. The minimum Gasteiger partial charge on any atom is -0.372 e. The number of halogens is 3. The Balaban J connectivity index is 2.12. The third-order valence-corrected chi connectivity index (χ3v) is 3.22. The van der Waals surface area contributed by atoms with Crippen molar-refractivity contribution in [1.29, 1.82) is 0 Å². The van der Waals surface area contributed by atoms with E-state index in [1.807, 2.05) is 6.92 Å². The van der Waals surface area contributed by atoms with Crippen LogP contribution in [0.1, 0.15) is 26.2 Å². The number of ether oxygens (including phenoxy) is 1. The van der Waals surface area contributed by atoms with Crippen molar-refractivity contribution in [3.05, 3.63) is 0 Å². The summed E-state index contributed by atoms with van der Waals surface area (Å²) < 4.78 is 39.8. The van der Waals surface area contributed by atoms with Crippen LogP contribution >= 0.6 is 0 Å². The van der Waals surface area contributed by atoms with E-state index in [1.165, 1.54) is 0 Å². The van der Waals surface area contributed by atoms with E-state index >= 15 is 0 Å². The summed E-state index contributed by atoms with van der Waals surface area (Å²) in [6.07, 6.45) is -2.36. The number of piperidine rings is 1. The van der Waals surface area contributed by atoms with E-state index in [1.54, 1.807) is 0 Å². The number of hydrogen-bond acceptors (Lipinski definition) is 3. The van der Waals surface area contributed by atoms with Crippen LogP contribution in [0.3, 0.4) is 0 Å². The topological polar surface area (TPSA) is 50.4 Å². The predicted octanol–water partition coefficient (Wildman–Crippen LogP) is 1.46. The molecule has 1 fully saturated rings. The second kappa shape index (κ2) is 7.69. The van der Waals surface area contributed by atoms with Crippen LogP contribution < -0.4 is 10.6 Å². The van der Waals surface area contributed by atoms with Crippen LogP contribution in [-0.2, 0) is 9.53 Å². The van der Waals surface area contributed by atoms with Crippen LogP contribution in [0.25, 0.3) is 0 Å². The van der Waals surface area contributed by atoms with Crippen LogP contribution in [-0.4, -0.2) is 44.4 Å². The molecule has 1 unspecified atom stereocenters. The van der Waals surface area contributed by atoms with Crippen LogP contribution in [0.5, 0.6) is 0 Å². The molecule has 2 N–H and O–H groups in total. The number of hydrogen-bond donors (Lipinski definition) is 2. The molecule has 1 atom stereocenters. The molecule has 0 aromatic carbocycles. The van der Waals surface area contributed by atoms with Gasteiger partial charge >= 0.3 is 6.18 Å². The Morgan fingerprint density at radius 3 is 2.63 bits per heavy atom. The maximum absolute atomic E-state index is 11.8. The van der Waals surface area contributed by atoms with Crippen molar-refractivity contribution >= 4 is 5.91 Å². The molecule has 1 amide bonds. The van der Waals surface area contributed by atoms with Gasteiger partial charge in [0.1, 0.15) is 6.61 Å². The molecule has 0 aliphatic carbocycles. The van der Waals surface area contributed by atoms with Gasteiger partial charge in [-0.25, -0.2) is 0 Å². The number of alkyl halides is 3. The smallest absolute Gasteiger partial charge is 0.372 e. The molecule has 0 aromatic rings. The summed E-state index contributed by atoms with van der Waals surface area (Å²) in [5, 5.41) is 6.06. The van der Waals surface area contributed by atoms with Crippen molar-refractivity contribution in [3.8, 4) is 0 Å². The summed E-state index contributed by atoms with van der Waals surface area (Å²) in [4.78, 5) is 11.5. The highest BCUT2D eigenvalue weighted by Crippen LogP contribution is 2.16. The first-order valence-corrected chi connectivity index (χ1v) is 6.53. The summed E-state index contributed by atoms with van der Waals surface area (Å²) in [5.41, 5.74) is 0. The van der Waals surface area contributed by atoms with E-state index in [-0.39, 0.29) is 25.0 Å². The molecular weight excluding hydrogens is 261 g/mol. The zero-order chi connectivity index (χ0) is 14.3. The molecule has 0 radical (unpaired) electrons. The van der Waals surface area contributed by atoms with Gasteiger partial charge in [0, 0.05) is 12.5 Å². The molecule has 1 rings (SSSR count). The normalized spacial score (nSPS) is 19.2. The van der Waals surface area contributed by atoms with Crippen LogP contribution in [0.2, 0.25) is 0 Å². The fourth-order valence-electron chi connectivity index (χ4n) is 2.14. The van der Waals surface area contributed by atoms with Gasteiger partial charge in [-0.1, -0.05) is 0 Å². The fourth-order valence-corrected chi connectivity index (χ4v) is 2.14. The summed E-state index contributed by atoms with van der Waals surface area (Å²) in [6.45, 7) is 2.32. The van der Waals surface area contributed by atoms with Gasteiger partial charge in [0.15, 0.2) is 0 Å². The Hall–Kier alpha value is -0.820. The Kier molecular flexibility index (Phi) is 6.57. The van der Waals surface area contributed by atoms with Crippen LogP contribution in [0.4, 0.5) is 13.2 Å². The maximum Gasteiger partial charge on any atom is 0.411 e. The monoisotopic (exact) mass is 282 g/mol. The third-order valence-electron chi connectivity index (χ3n) is 3.22. The average Bonchev–Trinajstić information content (AvgIpc) is 2.34. The van der Waals surface area contributed by atoms with Crippen molar-refractivity contribution in [3.63, 3.8) is 0 Å². The highest BCUT2D eigenvalue weighted by atomic mass is 19.4. The van der Waals surface area contributed by atoms with E-state index in [4.69, 9.17) is 0 Å². The standard InChI is InChI=1S/C12H21F3N2O2/c1-9(10-2-5-16-6-3-10)17-11(18)4-7-19-8-12(13,14)15/h9-10,16H,2-8H2,1H3,(H,17,18). The summed E-state index contributed by atoms with van der Waals surface area (Å²) in [5.74, 6) is 0.175. The van der Waals surface area contributed by atoms with Crippen LogP contribution in [0.15, 0.2) is 0 Å². The highest BCUT2D eigenvalue weighted by Gasteiger charge is 2.27. The molecule has 1 saturated heterocycles. The average molecular weight is 282 g/mol. The SMILES string of the molecule is CC(NC(=O)CCOCC(F)(F)F)C1CCNCC1. The zero-order valence-electron chi connectivity index (χ0n) is 11.1. The van der Waals surface area contributed by atoms with E-state index < -0.39 is 12.8 Å². The van der Waals surface area contributed by atoms with Gasteiger partial charge < -0.3 is 15.4 Å². The van der Waals surface area contributed by atoms with Crippen molar-refractivity contribution in [2.45, 2.75) is 38.4 Å². The molecule has 7 heteroatoms. The Labute approximate surface area is 111 Å². The second-order valence-corrected chi connectivity index (χ2v) is 4.86. The second-order valence-electron chi connectivity index (χ2n) is 4.86. The Morgan fingerprint density at radius 1 is 1.42 bits per heavy atom. The number of rotatable bonds is 6. The number of amides is 1. The molecule has 1 aliphatic heterocycles. The van der Waals surface area contributed by atoms with Crippen molar-refractivity contribution in [2.24, 2.45) is 5.92 Å². The molecular formula is C12H21F3N2O2. The van der Waals surface area contributed by atoms with E-state index in [0.29, 0.717) is 5.92 Å². The summed E-state index contributed by atoms with van der Waals surface area (Å²) in [7, 11) is 0. The van der Waals surface area contributed by atoms with Gasteiger partial charge in [0.2, 0.25) is 5.91 Å². The Morgan fingerprint density at radius 2 is 2.05 bits per heavy atom. The van der Waals surface area contributed by atoms with Gasteiger partial charge in [0.05, 0.1) is 6.61 Å². The van der Waals surface area contributed by atoms with Crippen molar-refractivity contribution < 1.29 is 22.7 Å². The van der Waals surface area contributed by atoms with Gasteiger partial charge in [-0.15, -0.1) is 0 Å². The van der Waals surface area contributed by atoms with E-state index in [2.05, 4.69) is 15.4 Å². The minimum atomic E-state index is -4.33. The van der Waals surface area contributed by atoms with E-state index in [9.17, 15) is 18.0 Å². The molecule has 0 aromatic heterocycles. The fraction of sp³-hybridized carbons (Fsp3) is 0.917. The molecule has 4 nitrogen and oxygen atoms in total. The quantitative estimate of drug-likeness (QED) is 0.725. The molecule has 0 bridgehead atoms. The third kappa shape index (κ3) is 7.37. The van der Waals surface area contributed by atoms with Gasteiger partial charge in [0.25, 0.3) is 0 Å². The predicted molar refractivity (Wildman–Crippen MR) is 64.7 cm³/mol. The lowest BCUT2D eigenvalue weighted by Crippen LogP contribution is -2.42. The maximum atomic E-state index is 11.8. The zero-order valence-corrected chi connectivity index (χ0v) is 11.1. The number of carbonyl (C=O) groups is 1. The highest BCUT2D eigenvalue weighted by molar-refractivity contribution is 5.76. The van der Waals surface area contributed by atoms with Crippen molar-refractivity contribution in [1.82, 2.24) is 10.6 Å². The van der Waals surface area contributed by atoms with Crippen molar-refractivity contribution in [2.75, 3.05) is 26.3 Å². The first kappa shape index (κ1) is 16.2. The largest absolute Gasteiger partial charge is 0.411 e. The summed E-state index contributed by atoms with van der Waals surface area (Å²) in [6, 6.07) is 0.0530. The Bertz CT molecular complexity index is 279. The van der Waals surface area contributed by atoms with Gasteiger partial charge in [-0.3, -0.25) is 4.79 Å². The van der Waals surface area contributed by atoms with Gasteiger partial charge in [-0.2, -0.15) is 13.2 Å². The first-order valence-electron chi connectivity index (χ1n) is 6.53. The lowest BCUT2D eigenvalue weighted by molar-refractivity contribution is -0.174. The first-order chi connectivity index (χ1) is 8.88. The minimum absolute atomic E-state index is 0.0363. The lowest BCUT2D eigenvalue weighted by Gasteiger charge is -2.28. The number of nitrogens with one attached hydrogen (secondary N) is 2. The molecule has 112 valence electrons. The molecule has 1 aliphatic rings.